The maximum atomic E-state index is 13.1. The fourth-order valence-corrected chi connectivity index (χ4v) is 7.35. The number of hydrogen-bond donors (Lipinski definition) is 0. The van der Waals surface area contributed by atoms with Crippen molar-refractivity contribution in [3.8, 4) is 0 Å². The predicted octanol–water partition coefficient (Wildman–Crippen LogP) is 6.36. The van der Waals surface area contributed by atoms with Gasteiger partial charge in [0.2, 0.25) is 0 Å². The fourth-order valence-electron chi connectivity index (χ4n) is 5.35. The van der Waals surface area contributed by atoms with Crippen LogP contribution in [-0.4, -0.2) is 65.9 Å². The Balaban J connectivity index is 1.03. The minimum atomic E-state index is -4.39. The third-order valence-electron chi connectivity index (χ3n) is 7.61. The smallest absolute Gasteiger partial charge is 0.368 e. The van der Waals surface area contributed by atoms with E-state index in [1.165, 1.54) is 28.7 Å². The molecule has 0 spiro atoms. The molecule has 0 saturated carbocycles. The summed E-state index contributed by atoms with van der Waals surface area (Å²) in [5.74, 6) is 0.123. The highest BCUT2D eigenvalue weighted by atomic mass is 32.1. The second-order valence-corrected chi connectivity index (χ2v) is 12.1. The lowest BCUT2D eigenvalue weighted by molar-refractivity contribution is -0.137. The molecule has 0 unspecified atom stereocenters. The molecule has 0 N–H and O–H groups in total. The van der Waals surface area contributed by atoms with Crippen LogP contribution in [0.2, 0.25) is 0 Å². The highest BCUT2D eigenvalue weighted by molar-refractivity contribution is 7.20. The van der Waals surface area contributed by atoms with Crippen molar-refractivity contribution in [3.05, 3.63) is 81.1 Å². The molecule has 0 aliphatic carbocycles. The van der Waals surface area contributed by atoms with Gasteiger partial charge in [0.05, 0.1) is 15.4 Å². The van der Waals surface area contributed by atoms with E-state index in [4.69, 9.17) is 0 Å². The van der Waals surface area contributed by atoms with Crippen LogP contribution in [0.25, 0.3) is 10.1 Å². The standard InChI is InChI=1S/C29H27F3N4O2S2/c30-29(31,32)21-5-3-6-22(17-21)34-12-14-36(15-13-34)27(37)23-18-39-26(33-23)19-8-10-35(11-9-19)28(38)25-16-20-4-1-2-7-24(20)40-25/h1-7,16-19H,8-15H2. The molecule has 2 amide bonds. The molecule has 0 radical (unpaired) electrons. The second kappa shape index (κ2) is 10.9. The number of thiazole rings is 1. The molecule has 2 aliphatic rings. The topological polar surface area (TPSA) is 56.8 Å². The van der Waals surface area contributed by atoms with Crippen molar-refractivity contribution in [1.29, 1.82) is 0 Å². The Hall–Kier alpha value is -3.44. The summed E-state index contributed by atoms with van der Waals surface area (Å²) in [5, 5.41) is 3.80. The summed E-state index contributed by atoms with van der Waals surface area (Å²) in [6.07, 6.45) is -2.79. The van der Waals surface area contributed by atoms with Gasteiger partial charge in [-0.3, -0.25) is 9.59 Å². The number of piperazine rings is 1. The summed E-state index contributed by atoms with van der Waals surface area (Å²) < 4.78 is 40.4. The Morgan fingerprint density at radius 1 is 0.850 bits per heavy atom. The molecule has 2 fully saturated rings. The SMILES string of the molecule is O=C(c1csc(C2CCN(C(=O)c3cc4ccccc4s3)CC2)n1)N1CCN(c2cccc(C(F)(F)F)c2)CC1. The molecule has 11 heteroatoms. The molecule has 6 nitrogen and oxygen atoms in total. The first-order valence-electron chi connectivity index (χ1n) is 13.2. The van der Waals surface area contributed by atoms with Gasteiger partial charge in [-0.05, 0) is 48.6 Å². The normalized spacial score (nSPS) is 17.0. The van der Waals surface area contributed by atoms with E-state index >= 15 is 0 Å². The third-order valence-corrected chi connectivity index (χ3v) is 9.73. The van der Waals surface area contributed by atoms with Crippen LogP contribution in [0.4, 0.5) is 18.9 Å². The summed E-state index contributed by atoms with van der Waals surface area (Å²) in [6.45, 7) is 3.04. The number of fused-ring (bicyclic) bond motifs is 1. The number of hydrogen-bond acceptors (Lipinski definition) is 6. The molecule has 2 aromatic carbocycles. The van der Waals surface area contributed by atoms with Crippen LogP contribution in [0.3, 0.4) is 0 Å². The summed E-state index contributed by atoms with van der Waals surface area (Å²) in [6, 6.07) is 15.3. The van der Waals surface area contributed by atoms with E-state index in [0.717, 1.165) is 44.9 Å². The summed E-state index contributed by atoms with van der Waals surface area (Å²) in [7, 11) is 0. The van der Waals surface area contributed by atoms with Gasteiger partial charge in [0.15, 0.2) is 0 Å². The zero-order valence-corrected chi connectivity index (χ0v) is 23.2. The molecule has 2 saturated heterocycles. The molecular weight excluding hydrogens is 557 g/mol. The monoisotopic (exact) mass is 584 g/mol. The Kier molecular flexibility index (Phi) is 7.26. The van der Waals surface area contributed by atoms with Gasteiger partial charge in [-0.15, -0.1) is 22.7 Å². The average molecular weight is 585 g/mol. The van der Waals surface area contributed by atoms with E-state index in [9.17, 15) is 22.8 Å². The van der Waals surface area contributed by atoms with E-state index in [0.29, 0.717) is 50.6 Å². The van der Waals surface area contributed by atoms with Crippen molar-refractivity contribution in [2.45, 2.75) is 24.9 Å². The fraction of sp³-hybridized carbons (Fsp3) is 0.345. The second-order valence-electron chi connectivity index (χ2n) is 10.1. The number of alkyl halides is 3. The van der Waals surface area contributed by atoms with E-state index in [1.54, 1.807) is 16.3 Å². The molecule has 40 heavy (non-hydrogen) atoms. The number of carbonyl (C=O) groups excluding carboxylic acids is 2. The Labute approximate surface area is 237 Å². The molecule has 2 aliphatic heterocycles. The molecule has 0 bridgehead atoms. The van der Waals surface area contributed by atoms with Crippen molar-refractivity contribution in [1.82, 2.24) is 14.8 Å². The minimum Gasteiger partial charge on any atom is -0.368 e. The largest absolute Gasteiger partial charge is 0.416 e. The third kappa shape index (κ3) is 5.44. The van der Waals surface area contributed by atoms with Crippen LogP contribution < -0.4 is 4.90 Å². The number of aromatic nitrogens is 1. The number of thiophene rings is 1. The molecule has 4 aromatic rings. The van der Waals surface area contributed by atoms with Crippen LogP contribution in [0.1, 0.15) is 49.5 Å². The van der Waals surface area contributed by atoms with Crippen molar-refractivity contribution in [3.63, 3.8) is 0 Å². The van der Waals surface area contributed by atoms with Crippen LogP contribution >= 0.6 is 22.7 Å². The number of likely N-dealkylation sites (tertiary alicyclic amines) is 1. The molecule has 4 heterocycles. The molecule has 6 rings (SSSR count). The van der Waals surface area contributed by atoms with Gasteiger partial charge in [-0.25, -0.2) is 4.98 Å². The van der Waals surface area contributed by atoms with Crippen LogP contribution in [0, 0.1) is 0 Å². The van der Waals surface area contributed by atoms with Crippen molar-refractivity contribution in [2.75, 3.05) is 44.2 Å². The minimum absolute atomic E-state index is 0.0685. The predicted molar refractivity (Wildman–Crippen MR) is 151 cm³/mol. The van der Waals surface area contributed by atoms with Crippen molar-refractivity contribution >= 4 is 50.3 Å². The van der Waals surface area contributed by atoms with Crippen LogP contribution in [0.15, 0.2) is 60.0 Å². The first-order valence-corrected chi connectivity index (χ1v) is 14.9. The zero-order valence-electron chi connectivity index (χ0n) is 21.6. The van der Waals surface area contributed by atoms with Gasteiger partial charge in [-0.1, -0.05) is 24.3 Å². The van der Waals surface area contributed by atoms with E-state index in [2.05, 4.69) is 4.98 Å². The first-order chi connectivity index (χ1) is 19.3. The lowest BCUT2D eigenvalue weighted by Crippen LogP contribution is -2.49. The van der Waals surface area contributed by atoms with Gasteiger partial charge >= 0.3 is 6.18 Å². The lowest BCUT2D eigenvalue weighted by Gasteiger charge is -2.36. The van der Waals surface area contributed by atoms with Gasteiger partial charge in [0, 0.05) is 61.0 Å². The highest BCUT2D eigenvalue weighted by Gasteiger charge is 2.32. The average Bonchev–Trinajstić information content (AvgIpc) is 3.64. The number of anilines is 1. The van der Waals surface area contributed by atoms with Gasteiger partial charge in [0.1, 0.15) is 5.69 Å². The number of rotatable bonds is 4. The highest BCUT2D eigenvalue weighted by Crippen LogP contribution is 2.34. The molecular formula is C29H27F3N4O2S2. The quantitative estimate of drug-likeness (QED) is 0.280. The molecule has 2 aromatic heterocycles. The van der Waals surface area contributed by atoms with E-state index in [-0.39, 0.29) is 17.7 Å². The number of carbonyl (C=O) groups is 2. The Morgan fingerprint density at radius 2 is 1.57 bits per heavy atom. The number of nitrogens with zero attached hydrogens (tertiary/aromatic N) is 4. The number of benzene rings is 2. The maximum absolute atomic E-state index is 13.1. The van der Waals surface area contributed by atoms with E-state index < -0.39 is 11.7 Å². The van der Waals surface area contributed by atoms with Gasteiger partial charge < -0.3 is 14.7 Å². The van der Waals surface area contributed by atoms with Gasteiger partial charge in [-0.2, -0.15) is 13.2 Å². The number of amides is 2. The summed E-state index contributed by atoms with van der Waals surface area (Å²) >= 11 is 3.01. The van der Waals surface area contributed by atoms with Crippen LogP contribution in [0.5, 0.6) is 0 Å². The maximum Gasteiger partial charge on any atom is 0.416 e. The van der Waals surface area contributed by atoms with E-state index in [1.807, 2.05) is 40.1 Å². The van der Waals surface area contributed by atoms with Crippen molar-refractivity contribution < 1.29 is 22.8 Å². The summed E-state index contributed by atoms with van der Waals surface area (Å²) in [5.41, 5.74) is 0.250. The molecule has 0 atom stereocenters. The lowest BCUT2D eigenvalue weighted by atomic mass is 9.97. The Morgan fingerprint density at radius 3 is 2.30 bits per heavy atom. The molecule has 208 valence electrons. The summed E-state index contributed by atoms with van der Waals surface area (Å²) in [4.78, 5) is 37.2. The number of piperidine rings is 1. The Bertz CT molecular complexity index is 1500. The van der Waals surface area contributed by atoms with Crippen LogP contribution in [-0.2, 0) is 6.18 Å². The zero-order chi connectivity index (χ0) is 27.9. The first kappa shape index (κ1) is 26.8. The van der Waals surface area contributed by atoms with Crippen molar-refractivity contribution in [2.24, 2.45) is 0 Å². The van der Waals surface area contributed by atoms with Gasteiger partial charge in [0.25, 0.3) is 11.8 Å². The number of halogens is 3.